The van der Waals surface area contributed by atoms with Crippen molar-refractivity contribution in [2.45, 2.75) is 32.7 Å². The van der Waals surface area contributed by atoms with Crippen LogP contribution in [-0.4, -0.2) is 36.5 Å². The highest BCUT2D eigenvalue weighted by Gasteiger charge is 2.36. The van der Waals surface area contributed by atoms with Crippen molar-refractivity contribution >= 4 is 35.0 Å². The summed E-state index contributed by atoms with van der Waals surface area (Å²) in [6, 6.07) is 9.10. The predicted octanol–water partition coefficient (Wildman–Crippen LogP) is 3.95. The molecule has 1 atom stereocenters. The summed E-state index contributed by atoms with van der Waals surface area (Å²) in [5.74, 6) is 0.218. The van der Waals surface area contributed by atoms with E-state index in [1.807, 2.05) is 6.92 Å². The molecule has 3 aromatic rings. The fraction of sp³-hybridized carbons (Fsp3) is 0.296. The number of rotatable bonds is 8. The van der Waals surface area contributed by atoms with Crippen LogP contribution in [-0.2, 0) is 9.53 Å². The molecule has 2 aromatic carbocycles. The number of nitrogens with zero attached hydrogens (tertiary/aromatic N) is 2. The van der Waals surface area contributed by atoms with E-state index < -0.39 is 12.0 Å². The molecule has 0 saturated carbocycles. The summed E-state index contributed by atoms with van der Waals surface area (Å²) in [5, 5.41) is 10.6. The number of methoxy groups -OCH3 is 2. The molecule has 10 heteroatoms. The largest absolute Gasteiger partial charge is 0.504 e. The van der Waals surface area contributed by atoms with E-state index in [2.05, 4.69) is 0 Å². The Morgan fingerprint density at radius 2 is 1.89 bits per heavy atom. The minimum atomic E-state index is -0.850. The molecule has 0 aliphatic carbocycles. The number of carbonyl (C=O) groups is 1. The van der Waals surface area contributed by atoms with Gasteiger partial charge in [0.25, 0.3) is 5.56 Å². The lowest BCUT2D eigenvalue weighted by molar-refractivity contribution is -0.139. The number of allylic oxidation sites excluding steroid dienone is 1. The van der Waals surface area contributed by atoms with E-state index in [0.29, 0.717) is 49.1 Å². The van der Waals surface area contributed by atoms with Gasteiger partial charge in [0.15, 0.2) is 16.3 Å². The zero-order valence-electron chi connectivity index (χ0n) is 20.9. The number of halogens is 1. The molecule has 8 nitrogen and oxygen atoms in total. The maximum Gasteiger partial charge on any atom is 0.338 e. The van der Waals surface area contributed by atoms with Crippen molar-refractivity contribution < 1.29 is 24.1 Å². The van der Waals surface area contributed by atoms with Crippen LogP contribution in [0.2, 0.25) is 5.02 Å². The molecule has 2 heterocycles. The Balaban J connectivity index is 2.03. The Bertz CT molecular complexity index is 1560. The maximum atomic E-state index is 13.8. The number of phenolic OH excluding ortho intramolecular Hbond substituents is 1. The van der Waals surface area contributed by atoms with Gasteiger partial charge in [0.2, 0.25) is 0 Å². The molecule has 1 aliphatic heterocycles. The van der Waals surface area contributed by atoms with Gasteiger partial charge in [-0.15, -0.1) is 0 Å². The van der Waals surface area contributed by atoms with Crippen LogP contribution in [0, 0.1) is 0 Å². The molecule has 0 fully saturated rings. The molecule has 37 heavy (non-hydrogen) atoms. The number of aromatic nitrogens is 1. The van der Waals surface area contributed by atoms with Gasteiger partial charge in [0.1, 0.15) is 11.8 Å². The van der Waals surface area contributed by atoms with Crippen LogP contribution in [0.1, 0.15) is 43.9 Å². The zero-order valence-corrected chi connectivity index (χ0v) is 22.5. The van der Waals surface area contributed by atoms with Gasteiger partial charge in [0, 0.05) is 10.6 Å². The zero-order chi connectivity index (χ0) is 26.7. The van der Waals surface area contributed by atoms with Gasteiger partial charge in [-0.25, -0.2) is 9.79 Å². The highest BCUT2D eigenvalue weighted by molar-refractivity contribution is 7.07. The molecule has 0 saturated heterocycles. The van der Waals surface area contributed by atoms with Crippen molar-refractivity contribution in [3.8, 4) is 17.2 Å². The molecule has 0 radical (unpaired) electrons. The van der Waals surface area contributed by atoms with Crippen LogP contribution in [0.4, 0.5) is 0 Å². The lowest BCUT2D eigenvalue weighted by Crippen LogP contribution is -2.40. The van der Waals surface area contributed by atoms with Gasteiger partial charge in [-0.05, 0) is 55.3 Å². The molecule has 1 N–H and O–H groups in total. The molecule has 0 unspecified atom stereocenters. The second-order valence-electron chi connectivity index (χ2n) is 8.23. The van der Waals surface area contributed by atoms with E-state index in [-0.39, 0.29) is 23.5 Å². The fourth-order valence-corrected chi connectivity index (χ4v) is 5.48. The molecule has 0 spiro atoms. The Morgan fingerprint density at radius 3 is 2.54 bits per heavy atom. The third kappa shape index (κ3) is 5.14. The Hall–Kier alpha value is -3.56. The molecule has 194 valence electrons. The first kappa shape index (κ1) is 26.5. The molecule has 4 rings (SSSR count). The lowest BCUT2D eigenvalue weighted by Gasteiger charge is -2.27. The summed E-state index contributed by atoms with van der Waals surface area (Å²) in [5.41, 5.74) is 1.66. The van der Waals surface area contributed by atoms with E-state index in [1.54, 1.807) is 43.3 Å². The van der Waals surface area contributed by atoms with Gasteiger partial charge < -0.3 is 19.3 Å². The fourth-order valence-electron chi connectivity index (χ4n) is 4.28. The first-order valence-electron chi connectivity index (χ1n) is 11.7. The van der Waals surface area contributed by atoms with E-state index >= 15 is 0 Å². The average molecular weight is 543 g/mol. The highest BCUT2D eigenvalue weighted by Crippen LogP contribution is 2.38. The van der Waals surface area contributed by atoms with Crippen LogP contribution in [0.25, 0.3) is 6.08 Å². The van der Waals surface area contributed by atoms with Crippen molar-refractivity contribution in [3.05, 3.63) is 83.5 Å². The maximum absolute atomic E-state index is 13.8. The third-order valence-electron chi connectivity index (χ3n) is 5.88. The van der Waals surface area contributed by atoms with Crippen LogP contribution in [0.3, 0.4) is 0 Å². The Morgan fingerprint density at radius 1 is 1.16 bits per heavy atom. The van der Waals surface area contributed by atoms with Gasteiger partial charge in [-0.3, -0.25) is 9.36 Å². The summed E-state index contributed by atoms with van der Waals surface area (Å²) >= 11 is 7.56. The SMILES string of the molecule is CCCC1=C(C(=O)OCC)[C@@H](c2cc(Cl)ccc2OC)n2c(s/c(=C/c3ccc(OC)c(O)c3)c2=O)=N1. The van der Waals surface area contributed by atoms with E-state index in [1.165, 1.54) is 36.2 Å². The minimum absolute atomic E-state index is 0.0413. The number of hydrogen-bond donors (Lipinski definition) is 1. The number of phenols is 1. The van der Waals surface area contributed by atoms with Gasteiger partial charge in [-0.2, -0.15) is 0 Å². The number of carbonyl (C=O) groups excluding carboxylic acids is 1. The van der Waals surface area contributed by atoms with E-state index in [4.69, 9.17) is 30.8 Å². The Kier molecular flexibility index (Phi) is 8.04. The predicted molar refractivity (Wildman–Crippen MR) is 142 cm³/mol. The number of hydrogen-bond acceptors (Lipinski definition) is 8. The van der Waals surface area contributed by atoms with Crippen LogP contribution in [0.5, 0.6) is 17.2 Å². The number of aromatic hydroxyl groups is 1. The second-order valence-corrected chi connectivity index (χ2v) is 9.68. The minimum Gasteiger partial charge on any atom is -0.504 e. The number of thiazole rings is 1. The summed E-state index contributed by atoms with van der Waals surface area (Å²) in [6.07, 6.45) is 2.93. The number of esters is 1. The molecular weight excluding hydrogens is 516 g/mol. The monoisotopic (exact) mass is 542 g/mol. The molecule has 0 bridgehead atoms. The number of ether oxygens (including phenoxy) is 3. The summed E-state index contributed by atoms with van der Waals surface area (Å²) < 4.78 is 18.0. The average Bonchev–Trinajstić information content (AvgIpc) is 3.18. The van der Waals surface area contributed by atoms with Crippen LogP contribution < -0.4 is 24.4 Å². The smallest absolute Gasteiger partial charge is 0.338 e. The highest BCUT2D eigenvalue weighted by atomic mass is 35.5. The summed E-state index contributed by atoms with van der Waals surface area (Å²) in [4.78, 5) is 32.3. The first-order valence-corrected chi connectivity index (χ1v) is 12.9. The molecular formula is C27H27ClN2O6S. The summed E-state index contributed by atoms with van der Waals surface area (Å²) in [6.45, 7) is 3.89. The quantitative estimate of drug-likeness (QED) is 0.433. The van der Waals surface area contributed by atoms with E-state index in [9.17, 15) is 14.7 Å². The standard InChI is InChI=1S/C27H27ClN2O6S/c1-5-7-18-23(26(33)36-6-2)24(17-14-16(28)9-11-20(17)34-3)30-25(32)22(37-27(30)29-18)13-15-8-10-21(35-4)19(31)12-15/h8-14,24,31H,5-7H2,1-4H3/b22-13+/t24-/m1/s1. The first-order chi connectivity index (χ1) is 17.8. The van der Waals surface area contributed by atoms with Crippen LogP contribution >= 0.6 is 22.9 Å². The van der Waals surface area contributed by atoms with Crippen molar-refractivity contribution in [1.82, 2.24) is 4.57 Å². The Labute approximate surface area is 222 Å². The van der Waals surface area contributed by atoms with Gasteiger partial charge in [-0.1, -0.05) is 42.3 Å². The second kappa shape index (κ2) is 11.2. The summed E-state index contributed by atoms with van der Waals surface area (Å²) in [7, 11) is 2.99. The van der Waals surface area contributed by atoms with Gasteiger partial charge >= 0.3 is 5.97 Å². The normalized spacial score (nSPS) is 15.3. The topological polar surface area (TPSA) is 99.4 Å². The lowest BCUT2D eigenvalue weighted by atomic mass is 9.93. The third-order valence-corrected chi connectivity index (χ3v) is 7.10. The van der Waals surface area contributed by atoms with Crippen molar-refractivity contribution in [3.63, 3.8) is 0 Å². The molecule has 0 amide bonds. The van der Waals surface area contributed by atoms with Crippen molar-refractivity contribution in [2.24, 2.45) is 4.99 Å². The molecule has 1 aromatic heterocycles. The van der Waals surface area contributed by atoms with E-state index in [0.717, 1.165) is 6.42 Å². The molecule has 1 aliphatic rings. The van der Waals surface area contributed by atoms with Crippen LogP contribution in [0.15, 0.2) is 57.5 Å². The van der Waals surface area contributed by atoms with Gasteiger partial charge in [0.05, 0.1) is 36.6 Å². The number of benzene rings is 2. The van der Waals surface area contributed by atoms with Crippen molar-refractivity contribution in [1.29, 1.82) is 0 Å². The number of fused-ring (bicyclic) bond motifs is 1. The van der Waals surface area contributed by atoms with Crippen molar-refractivity contribution in [2.75, 3.05) is 20.8 Å².